The molecule has 0 spiro atoms. The van der Waals surface area contributed by atoms with Gasteiger partial charge in [0.05, 0.1) is 11.5 Å². The summed E-state index contributed by atoms with van der Waals surface area (Å²) in [7, 11) is -0.221. The van der Waals surface area contributed by atoms with E-state index >= 15 is 0 Å². The number of nitrogens with one attached hydrogen (secondary N) is 3. The van der Waals surface area contributed by atoms with E-state index < -0.39 is 10.0 Å². The van der Waals surface area contributed by atoms with Crippen molar-refractivity contribution in [3.05, 3.63) is 29.8 Å². The standard InChI is InChI=1S/C18H32N4O3S/c1-4-5-6-7-12-20-18(19-2)21-15-16-8-10-17(11-9-16)26(23,24)22-13-14-25-3/h8-11,22H,4-7,12-15H2,1-3H3,(H2,19,20,21). The van der Waals surface area contributed by atoms with Crippen LogP contribution in [0.5, 0.6) is 0 Å². The van der Waals surface area contributed by atoms with Crippen molar-refractivity contribution in [2.45, 2.75) is 44.0 Å². The summed E-state index contributed by atoms with van der Waals surface area (Å²) in [5.41, 5.74) is 0.981. The SMILES string of the molecule is CCCCCCNC(=NC)NCc1ccc(S(=O)(=O)NCCOC)cc1. The zero-order valence-corrected chi connectivity index (χ0v) is 16.9. The lowest BCUT2D eigenvalue weighted by Gasteiger charge is -2.12. The number of rotatable bonds is 12. The van der Waals surface area contributed by atoms with Crippen molar-refractivity contribution < 1.29 is 13.2 Å². The fourth-order valence-corrected chi connectivity index (χ4v) is 3.33. The van der Waals surface area contributed by atoms with Gasteiger partial charge in [0.15, 0.2) is 5.96 Å². The summed E-state index contributed by atoms with van der Waals surface area (Å²) in [5, 5.41) is 6.52. The first kappa shape index (κ1) is 22.4. The highest BCUT2D eigenvalue weighted by Crippen LogP contribution is 2.10. The Balaban J connectivity index is 2.46. The second-order valence-corrected chi connectivity index (χ2v) is 7.71. The quantitative estimate of drug-likeness (QED) is 0.291. The zero-order valence-electron chi connectivity index (χ0n) is 16.0. The minimum atomic E-state index is -3.49. The number of guanidine groups is 1. The zero-order chi connectivity index (χ0) is 19.3. The van der Waals surface area contributed by atoms with Gasteiger partial charge >= 0.3 is 0 Å². The van der Waals surface area contributed by atoms with Gasteiger partial charge in [-0.15, -0.1) is 0 Å². The monoisotopic (exact) mass is 384 g/mol. The molecule has 0 radical (unpaired) electrons. The Bertz CT molecular complexity index is 630. The maximum absolute atomic E-state index is 12.1. The third-order valence-electron chi connectivity index (χ3n) is 3.84. The third kappa shape index (κ3) is 8.64. The molecule has 26 heavy (non-hydrogen) atoms. The van der Waals surface area contributed by atoms with Crippen molar-refractivity contribution in [1.82, 2.24) is 15.4 Å². The number of nitrogens with zero attached hydrogens (tertiary/aromatic N) is 1. The molecule has 0 amide bonds. The first-order chi connectivity index (χ1) is 12.5. The molecule has 1 rings (SSSR count). The van der Waals surface area contributed by atoms with Crippen LogP contribution in [0.1, 0.15) is 38.2 Å². The molecule has 148 valence electrons. The molecule has 7 nitrogen and oxygen atoms in total. The summed E-state index contributed by atoms with van der Waals surface area (Å²) < 4.78 is 31.6. The van der Waals surface area contributed by atoms with Crippen molar-refractivity contribution in [2.24, 2.45) is 4.99 Å². The smallest absolute Gasteiger partial charge is 0.240 e. The van der Waals surface area contributed by atoms with Gasteiger partial charge in [0, 0.05) is 33.8 Å². The minimum absolute atomic E-state index is 0.246. The van der Waals surface area contributed by atoms with Crippen LogP contribution in [0.3, 0.4) is 0 Å². The molecule has 0 aliphatic carbocycles. The number of aliphatic imine (C=N–C) groups is 1. The van der Waals surface area contributed by atoms with Crippen LogP contribution in [0.2, 0.25) is 0 Å². The highest BCUT2D eigenvalue weighted by Gasteiger charge is 2.12. The molecule has 0 heterocycles. The van der Waals surface area contributed by atoms with Gasteiger partial charge in [-0.3, -0.25) is 4.99 Å². The van der Waals surface area contributed by atoms with Gasteiger partial charge in [0.1, 0.15) is 0 Å². The number of hydrogen-bond acceptors (Lipinski definition) is 4. The normalized spacial score (nSPS) is 12.2. The lowest BCUT2D eigenvalue weighted by molar-refractivity contribution is 0.204. The van der Waals surface area contributed by atoms with Gasteiger partial charge < -0.3 is 15.4 Å². The Morgan fingerprint density at radius 3 is 2.42 bits per heavy atom. The molecule has 1 aromatic carbocycles. The molecule has 0 bridgehead atoms. The number of benzene rings is 1. The summed E-state index contributed by atoms with van der Waals surface area (Å²) in [6.07, 6.45) is 4.82. The highest BCUT2D eigenvalue weighted by molar-refractivity contribution is 7.89. The lowest BCUT2D eigenvalue weighted by atomic mass is 10.2. The maximum atomic E-state index is 12.1. The molecule has 0 fully saturated rings. The van der Waals surface area contributed by atoms with Crippen LogP contribution in [0.4, 0.5) is 0 Å². The molecule has 0 saturated heterocycles. The van der Waals surface area contributed by atoms with Crippen LogP contribution in [0, 0.1) is 0 Å². The molecular weight excluding hydrogens is 352 g/mol. The topological polar surface area (TPSA) is 91.8 Å². The van der Waals surface area contributed by atoms with Gasteiger partial charge in [-0.05, 0) is 24.1 Å². The van der Waals surface area contributed by atoms with Crippen LogP contribution in [-0.4, -0.2) is 48.2 Å². The van der Waals surface area contributed by atoms with Crippen molar-refractivity contribution in [3.8, 4) is 0 Å². The molecule has 0 aliphatic rings. The number of unbranched alkanes of at least 4 members (excludes halogenated alkanes) is 3. The lowest BCUT2D eigenvalue weighted by Crippen LogP contribution is -2.37. The summed E-state index contributed by atoms with van der Waals surface area (Å²) in [6, 6.07) is 6.80. The average molecular weight is 385 g/mol. The van der Waals surface area contributed by atoms with E-state index in [-0.39, 0.29) is 11.4 Å². The number of methoxy groups -OCH3 is 1. The van der Waals surface area contributed by atoms with Crippen molar-refractivity contribution in [3.63, 3.8) is 0 Å². The van der Waals surface area contributed by atoms with Crippen molar-refractivity contribution in [2.75, 3.05) is 33.9 Å². The van der Waals surface area contributed by atoms with E-state index in [1.807, 2.05) is 0 Å². The molecule has 0 unspecified atom stereocenters. The molecule has 8 heteroatoms. The summed E-state index contributed by atoms with van der Waals surface area (Å²) in [6.45, 7) is 4.25. The van der Waals surface area contributed by atoms with E-state index in [0.717, 1.165) is 24.5 Å². The maximum Gasteiger partial charge on any atom is 0.240 e. The predicted octanol–water partition coefficient (Wildman–Crippen LogP) is 1.86. The van der Waals surface area contributed by atoms with E-state index in [4.69, 9.17) is 4.74 Å². The van der Waals surface area contributed by atoms with Gasteiger partial charge in [-0.25, -0.2) is 13.1 Å². The molecule has 0 saturated carbocycles. The average Bonchev–Trinajstić information content (AvgIpc) is 2.64. The Hall–Kier alpha value is -1.64. The largest absolute Gasteiger partial charge is 0.383 e. The summed E-state index contributed by atoms with van der Waals surface area (Å²) in [4.78, 5) is 4.44. The molecule has 0 aromatic heterocycles. The second kappa shape index (κ2) is 12.7. The fraction of sp³-hybridized carbons (Fsp3) is 0.611. The molecule has 3 N–H and O–H groups in total. The Kier molecular flexibility index (Phi) is 10.9. The van der Waals surface area contributed by atoms with Crippen LogP contribution in [0.25, 0.3) is 0 Å². The van der Waals surface area contributed by atoms with E-state index in [9.17, 15) is 8.42 Å². The fourth-order valence-electron chi connectivity index (χ4n) is 2.31. The summed E-state index contributed by atoms with van der Waals surface area (Å²) >= 11 is 0. The number of ether oxygens (including phenoxy) is 1. The van der Waals surface area contributed by atoms with Crippen LogP contribution >= 0.6 is 0 Å². The van der Waals surface area contributed by atoms with Crippen LogP contribution in [0.15, 0.2) is 34.2 Å². The van der Waals surface area contributed by atoms with E-state index in [1.54, 1.807) is 31.3 Å². The van der Waals surface area contributed by atoms with Crippen LogP contribution in [-0.2, 0) is 21.3 Å². The Morgan fingerprint density at radius 1 is 1.08 bits per heavy atom. The first-order valence-corrected chi connectivity index (χ1v) is 10.5. The van der Waals surface area contributed by atoms with E-state index in [2.05, 4.69) is 27.3 Å². The van der Waals surface area contributed by atoms with E-state index in [0.29, 0.717) is 13.2 Å². The van der Waals surface area contributed by atoms with Gasteiger partial charge in [-0.2, -0.15) is 0 Å². The van der Waals surface area contributed by atoms with Gasteiger partial charge in [0.25, 0.3) is 0 Å². The minimum Gasteiger partial charge on any atom is -0.383 e. The molecule has 1 aromatic rings. The second-order valence-electron chi connectivity index (χ2n) is 5.95. The molecule has 0 atom stereocenters. The predicted molar refractivity (Wildman–Crippen MR) is 106 cm³/mol. The van der Waals surface area contributed by atoms with Gasteiger partial charge in [-0.1, -0.05) is 38.3 Å². The van der Waals surface area contributed by atoms with Crippen molar-refractivity contribution in [1.29, 1.82) is 0 Å². The number of sulfonamides is 1. The van der Waals surface area contributed by atoms with Crippen molar-refractivity contribution >= 4 is 16.0 Å². The van der Waals surface area contributed by atoms with Crippen LogP contribution < -0.4 is 15.4 Å². The molecular formula is C18H32N4O3S. The number of hydrogen-bond donors (Lipinski definition) is 3. The Labute approximate surface area is 157 Å². The first-order valence-electron chi connectivity index (χ1n) is 9.05. The van der Waals surface area contributed by atoms with Gasteiger partial charge in [0.2, 0.25) is 10.0 Å². The van der Waals surface area contributed by atoms with E-state index in [1.165, 1.54) is 26.4 Å². The summed E-state index contributed by atoms with van der Waals surface area (Å²) in [5.74, 6) is 0.749. The highest BCUT2D eigenvalue weighted by atomic mass is 32.2. The third-order valence-corrected chi connectivity index (χ3v) is 5.32. The Morgan fingerprint density at radius 2 is 1.81 bits per heavy atom. The molecule has 0 aliphatic heterocycles.